The van der Waals surface area contributed by atoms with Crippen molar-refractivity contribution < 1.29 is 9.90 Å². The SMILES string of the molecule is NC(=O)c1cccc2[nH]c(C(S)c3ccc(O)cc3)nc12. The van der Waals surface area contributed by atoms with Crippen LogP contribution in [0.3, 0.4) is 0 Å². The molecule has 21 heavy (non-hydrogen) atoms. The molecule has 3 aromatic rings. The number of nitrogens with one attached hydrogen (secondary N) is 1. The molecular formula is C15H13N3O2S. The van der Waals surface area contributed by atoms with Crippen LogP contribution >= 0.6 is 12.6 Å². The predicted molar refractivity (Wildman–Crippen MR) is 83.5 cm³/mol. The van der Waals surface area contributed by atoms with Crippen LogP contribution in [0.4, 0.5) is 0 Å². The molecule has 1 amide bonds. The molecule has 2 aromatic carbocycles. The molecule has 0 aliphatic carbocycles. The van der Waals surface area contributed by atoms with Crippen LogP contribution in [0, 0.1) is 0 Å². The number of aromatic hydroxyl groups is 1. The summed E-state index contributed by atoms with van der Waals surface area (Å²) in [6.45, 7) is 0. The van der Waals surface area contributed by atoms with E-state index in [2.05, 4.69) is 22.6 Å². The quantitative estimate of drug-likeness (QED) is 0.560. The minimum absolute atomic E-state index is 0.194. The van der Waals surface area contributed by atoms with Crippen molar-refractivity contribution in [3.63, 3.8) is 0 Å². The van der Waals surface area contributed by atoms with Gasteiger partial charge in [0.15, 0.2) is 0 Å². The van der Waals surface area contributed by atoms with Crippen molar-refractivity contribution in [2.75, 3.05) is 0 Å². The number of para-hydroxylation sites is 1. The number of fused-ring (bicyclic) bond motifs is 1. The van der Waals surface area contributed by atoms with Gasteiger partial charge in [0.2, 0.25) is 0 Å². The molecular weight excluding hydrogens is 286 g/mol. The number of carbonyl (C=O) groups excluding carboxylic acids is 1. The number of hydrogen-bond donors (Lipinski definition) is 4. The Morgan fingerprint density at radius 1 is 1.24 bits per heavy atom. The molecule has 0 saturated carbocycles. The minimum atomic E-state index is -0.515. The average molecular weight is 299 g/mol. The van der Waals surface area contributed by atoms with Crippen LogP contribution in [-0.4, -0.2) is 21.0 Å². The van der Waals surface area contributed by atoms with E-state index in [1.165, 1.54) is 0 Å². The Hall–Kier alpha value is -2.47. The van der Waals surface area contributed by atoms with Gasteiger partial charge < -0.3 is 15.8 Å². The van der Waals surface area contributed by atoms with E-state index in [0.717, 1.165) is 11.1 Å². The van der Waals surface area contributed by atoms with E-state index in [1.807, 2.05) is 6.07 Å². The van der Waals surface area contributed by atoms with Gasteiger partial charge in [-0.1, -0.05) is 18.2 Å². The second-order valence-electron chi connectivity index (χ2n) is 4.68. The van der Waals surface area contributed by atoms with Crippen LogP contribution in [0.5, 0.6) is 5.75 Å². The molecule has 1 aromatic heterocycles. The normalized spacial score (nSPS) is 12.4. The van der Waals surface area contributed by atoms with Gasteiger partial charge in [0.1, 0.15) is 17.1 Å². The maximum absolute atomic E-state index is 11.4. The second-order valence-corrected chi connectivity index (χ2v) is 5.20. The van der Waals surface area contributed by atoms with E-state index in [4.69, 9.17) is 5.73 Å². The first-order valence-corrected chi connectivity index (χ1v) is 6.83. The lowest BCUT2D eigenvalue weighted by Gasteiger charge is -2.07. The molecule has 1 unspecified atom stereocenters. The number of aromatic nitrogens is 2. The second kappa shape index (κ2) is 5.14. The van der Waals surface area contributed by atoms with E-state index in [-0.39, 0.29) is 11.0 Å². The Morgan fingerprint density at radius 3 is 2.62 bits per heavy atom. The van der Waals surface area contributed by atoms with Crippen LogP contribution < -0.4 is 5.73 Å². The van der Waals surface area contributed by atoms with Crippen molar-refractivity contribution in [2.45, 2.75) is 5.25 Å². The van der Waals surface area contributed by atoms with Crippen molar-refractivity contribution >= 4 is 29.6 Å². The number of aromatic amines is 1. The predicted octanol–water partition coefficient (Wildman–Crippen LogP) is 2.39. The molecule has 6 heteroatoms. The Labute approximate surface area is 126 Å². The van der Waals surface area contributed by atoms with Crippen LogP contribution in [0.15, 0.2) is 42.5 Å². The summed E-state index contributed by atoms with van der Waals surface area (Å²) in [5, 5.41) is 9.03. The standard InChI is InChI=1S/C15H13N3O2S/c16-14(20)10-2-1-3-11-12(10)18-15(17-11)13(21)8-4-6-9(19)7-5-8/h1-7,13,19,21H,(H2,16,20)(H,17,18). The van der Waals surface area contributed by atoms with Gasteiger partial charge in [-0.25, -0.2) is 4.98 Å². The highest BCUT2D eigenvalue weighted by Gasteiger charge is 2.16. The maximum Gasteiger partial charge on any atom is 0.250 e. The summed E-state index contributed by atoms with van der Waals surface area (Å²) in [6.07, 6.45) is 0. The van der Waals surface area contributed by atoms with Crippen molar-refractivity contribution in [2.24, 2.45) is 5.73 Å². The molecule has 4 N–H and O–H groups in total. The van der Waals surface area contributed by atoms with Gasteiger partial charge in [-0.2, -0.15) is 12.6 Å². The highest BCUT2D eigenvalue weighted by Crippen LogP contribution is 2.29. The molecule has 1 heterocycles. The van der Waals surface area contributed by atoms with Crippen LogP contribution in [-0.2, 0) is 0 Å². The van der Waals surface area contributed by atoms with Gasteiger partial charge in [-0.3, -0.25) is 4.79 Å². The number of nitrogens with two attached hydrogens (primary N) is 1. The van der Waals surface area contributed by atoms with Gasteiger partial charge in [0.25, 0.3) is 5.91 Å². The lowest BCUT2D eigenvalue weighted by Crippen LogP contribution is -2.11. The summed E-state index contributed by atoms with van der Waals surface area (Å²) in [7, 11) is 0. The monoisotopic (exact) mass is 299 g/mol. The lowest BCUT2D eigenvalue weighted by molar-refractivity contribution is 0.100. The number of carbonyl (C=O) groups is 1. The van der Waals surface area contributed by atoms with E-state index in [0.29, 0.717) is 16.9 Å². The molecule has 0 saturated heterocycles. The lowest BCUT2D eigenvalue weighted by atomic mass is 10.1. The zero-order valence-corrected chi connectivity index (χ0v) is 11.8. The third kappa shape index (κ3) is 2.45. The summed E-state index contributed by atoms with van der Waals surface area (Å²) in [5.74, 6) is 0.298. The van der Waals surface area contributed by atoms with E-state index in [1.54, 1.807) is 36.4 Å². The summed E-state index contributed by atoms with van der Waals surface area (Å²) in [4.78, 5) is 19.0. The van der Waals surface area contributed by atoms with E-state index in [9.17, 15) is 9.90 Å². The van der Waals surface area contributed by atoms with Gasteiger partial charge in [-0.15, -0.1) is 0 Å². The third-order valence-corrected chi connectivity index (χ3v) is 3.81. The third-order valence-electron chi connectivity index (χ3n) is 3.26. The van der Waals surface area contributed by atoms with Crippen LogP contribution in [0.1, 0.15) is 27.0 Å². The summed E-state index contributed by atoms with van der Waals surface area (Å²) in [6, 6.07) is 12.0. The zero-order chi connectivity index (χ0) is 15.0. The Balaban J connectivity index is 2.06. The molecule has 1 atom stereocenters. The smallest absolute Gasteiger partial charge is 0.250 e. The first-order valence-electron chi connectivity index (χ1n) is 6.31. The molecule has 0 fully saturated rings. The fraction of sp³-hybridized carbons (Fsp3) is 0.0667. The van der Waals surface area contributed by atoms with Gasteiger partial charge in [0.05, 0.1) is 16.3 Å². The zero-order valence-electron chi connectivity index (χ0n) is 10.9. The van der Waals surface area contributed by atoms with Crippen molar-refractivity contribution in [1.82, 2.24) is 9.97 Å². The number of thiol groups is 1. The molecule has 0 aliphatic rings. The average Bonchev–Trinajstić information content (AvgIpc) is 2.90. The Kier molecular flexibility index (Phi) is 3.31. The van der Waals surface area contributed by atoms with Crippen molar-refractivity contribution in [3.05, 3.63) is 59.4 Å². The number of imidazole rings is 1. The van der Waals surface area contributed by atoms with Crippen LogP contribution in [0.25, 0.3) is 11.0 Å². The fourth-order valence-corrected chi connectivity index (χ4v) is 2.49. The number of phenolic OH excluding ortho intramolecular Hbond substituents is 1. The number of nitrogens with zero attached hydrogens (tertiary/aromatic N) is 1. The molecule has 0 radical (unpaired) electrons. The van der Waals surface area contributed by atoms with Gasteiger partial charge in [0, 0.05) is 0 Å². The highest BCUT2D eigenvalue weighted by molar-refractivity contribution is 7.80. The van der Waals surface area contributed by atoms with E-state index < -0.39 is 5.91 Å². The van der Waals surface area contributed by atoms with E-state index >= 15 is 0 Å². The molecule has 3 rings (SSSR count). The van der Waals surface area contributed by atoms with Crippen molar-refractivity contribution in [1.29, 1.82) is 0 Å². The molecule has 106 valence electrons. The number of rotatable bonds is 3. The molecule has 0 bridgehead atoms. The topological polar surface area (TPSA) is 92.0 Å². The highest BCUT2D eigenvalue weighted by atomic mass is 32.1. The minimum Gasteiger partial charge on any atom is -0.508 e. The maximum atomic E-state index is 11.4. The largest absolute Gasteiger partial charge is 0.508 e. The first-order chi connectivity index (χ1) is 10.1. The van der Waals surface area contributed by atoms with Gasteiger partial charge in [-0.05, 0) is 29.8 Å². The first kappa shape index (κ1) is 13.5. The van der Waals surface area contributed by atoms with Crippen LogP contribution in [0.2, 0.25) is 0 Å². The number of phenols is 1. The number of hydrogen-bond acceptors (Lipinski definition) is 4. The number of benzene rings is 2. The summed E-state index contributed by atoms with van der Waals surface area (Å²) in [5.41, 5.74) is 7.89. The number of primary amides is 1. The molecule has 5 nitrogen and oxygen atoms in total. The Morgan fingerprint density at radius 2 is 1.95 bits per heavy atom. The summed E-state index contributed by atoms with van der Waals surface area (Å²) >= 11 is 4.55. The fourth-order valence-electron chi connectivity index (χ4n) is 2.19. The molecule has 0 aliphatic heterocycles. The summed E-state index contributed by atoms with van der Waals surface area (Å²) < 4.78 is 0. The van der Waals surface area contributed by atoms with Gasteiger partial charge >= 0.3 is 0 Å². The Bertz CT molecular complexity index is 811. The number of amides is 1. The molecule has 0 spiro atoms. The van der Waals surface area contributed by atoms with Crippen molar-refractivity contribution in [3.8, 4) is 5.75 Å². The number of H-pyrrole nitrogens is 1.